The number of hydrogen-bond acceptors (Lipinski definition) is 4. The fourth-order valence-electron chi connectivity index (χ4n) is 3.86. The molecule has 0 bridgehead atoms. The Morgan fingerprint density at radius 3 is 2.53 bits per heavy atom. The van der Waals surface area contributed by atoms with Crippen LogP contribution in [0.15, 0.2) is 48.5 Å². The number of piperidine rings is 1. The van der Waals surface area contributed by atoms with Gasteiger partial charge >= 0.3 is 5.97 Å². The van der Waals surface area contributed by atoms with E-state index in [2.05, 4.69) is 6.07 Å². The molecule has 0 spiro atoms. The van der Waals surface area contributed by atoms with Crippen LogP contribution in [0.25, 0.3) is 6.08 Å². The van der Waals surface area contributed by atoms with Gasteiger partial charge in [0.05, 0.1) is 25.0 Å². The number of carbonyl (C=O) groups is 2. The number of halogens is 2. The predicted octanol–water partition coefficient (Wildman–Crippen LogP) is 4.58. The van der Waals surface area contributed by atoms with Gasteiger partial charge in [-0.2, -0.15) is 5.26 Å². The summed E-state index contributed by atoms with van der Waals surface area (Å²) in [5.41, 5.74) is 1.73. The minimum atomic E-state index is -0.567. The smallest absolute Gasteiger partial charge is 0.310 e. The summed E-state index contributed by atoms with van der Waals surface area (Å²) in [5.74, 6) is -0.849. The van der Waals surface area contributed by atoms with Crippen LogP contribution >= 0.6 is 11.6 Å². The zero-order chi connectivity index (χ0) is 23.1. The number of nitriles is 1. The van der Waals surface area contributed by atoms with E-state index in [0.29, 0.717) is 48.5 Å². The Kier molecular flexibility index (Phi) is 7.66. The first kappa shape index (κ1) is 23.5. The lowest BCUT2D eigenvalue weighted by molar-refractivity contribution is -0.139. The van der Waals surface area contributed by atoms with Gasteiger partial charge in [-0.05, 0) is 66.3 Å². The van der Waals surface area contributed by atoms with Crippen molar-refractivity contribution in [3.8, 4) is 6.07 Å². The monoisotopic (exact) mass is 454 g/mol. The summed E-state index contributed by atoms with van der Waals surface area (Å²) in [5, 5.41) is 10.3. The molecule has 166 valence electrons. The van der Waals surface area contributed by atoms with E-state index in [4.69, 9.17) is 16.3 Å². The minimum absolute atomic E-state index is 0.0582. The van der Waals surface area contributed by atoms with Crippen molar-refractivity contribution in [2.24, 2.45) is 5.41 Å². The van der Waals surface area contributed by atoms with E-state index < -0.39 is 11.4 Å². The number of amides is 1. The summed E-state index contributed by atoms with van der Waals surface area (Å²) in [4.78, 5) is 26.1. The molecule has 1 fully saturated rings. The zero-order valence-electron chi connectivity index (χ0n) is 17.8. The van der Waals surface area contributed by atoms with Gasteiger partial charge in [0, 0.05) is 24.2 Å². The van der Waals surface area contributed by atoms with Gasteiger partial charge < -0.3 is 9.64 Å². The second-order valence-electron chi connectivity index (χ2n) is 7.95. The van der Waals surface area contributed by atoms with Crippen LogP contribution in [-0.4, -0.2) is 37.0 Å². The molecule has 0 aromatic heterocycles. The molecule has 1 amide bonds. The number of hydrogen-bond donors (Lipinski definition) is 0. The Balaban J connectivity index is 1.64. The molecule has 2 aromatic carbocycles. The van der Waals surface area contributed by atoms with E-state index >= 15 is 0 Å². The third-order valence-corrected chi connectivity index (χ3v) is 6.03. The van der Waals surface area contributed by atoms with Crippen molar-refractivity contribution in [1.29, 1.82) is 5.26 Å². The lowest BCUT2D eigenvalue weighted by atomic mass is 9.75. The van der Waals surface area contributed by atoms with Gasteiger partial charge in [0.1, 0.15) is 5.82 Å². The van der Waals surface area contributed by atoms with Crippen molar-refractivity contribution < 1.29 is 18.7 Å². The number of rotatable bonds is 6. The molecule has 0 radical (unpaired) electrons. The van der Waals surface area contributed by atoms with Gasteiger partial charge in [0.2, 0.25) is 5.91 Å². The molecule has 3 rings (SSSR count). The van der Waals surface area contributed by atoms with Crippen molar-refractivity contribution in [1.82, 2.24) is 4.90 Å². The molecule has 0 atom stereocenters. The van der Waals surface area contributed by atoms with Crippen LogP contribution in [0.5, 0.6) is 0 Å². The van der Waals surface area contributed by atoms with Crippen molar-refractivity contribution >= 4 is 29.6 Å². The van der Waals surface area contributed by atoms with E-state index in [9.17, 15) is 19.2 Å². The van der Waals surface area contributed by atoms with Crippen molar-refractivity contribution in [2.75, 3.05) is 20.2 Å². The van der Waals surface area contributed by atoms with Gasteiger partial charge in [0.25, 0.3) is 0 Å². The molecule has 7 heteroatoms. The summed E-state index contributed by atoms with van der Waals surface area (Å²) >= 11 is 6.04. The Labute approximate surface area is 192 Å². The van der Waals surface area contributed by atoms with Crippen LogP contribution in [0.2, 0.25) is 5.02 Å². The number of esters is 1. The van der Waals surface area contributed by atoms with Gasteiger partial charge in [-0.1, -0.05) is 29.8 Å². The van der Waals surface area contributed by atoms with E-state index in [1.54, 1.807) is 41.3 Å². The lowest BCUT2D eigenvalue weighted by Gasteiger charge is -2.37. The molecule has 1 saturated heterocycles. The maximum atomic E-state index is 13.2. The van der Waals surface area contributed by atoms with E-state index in [-0.39, 0.29) is 18.1 Å². The molecule has 1 aliphatic heterocycles. The highest BCUT2D eigenvalue weighted by molar-refractivity contribution is 6.30. The molecule has 0 unspecified atom stereocenters. The molecule has 2 aromatic rings. The largest absolute Gasteiger partial charge is 0.469 e. The van der Waals surface area contributed by atoms with Crippen LogP contribution in [-0.2, 0) is 27.2 Å². The highest BCUT2D eigenvalue weighted by Gasteiger charge is 2.35. The van der Waals surface area contributed by atoms with Crippen LogP contribution < -0.4 is 0 Å². The average Bonchev–Trinajstić information content (AvgIpc) is 2.80. The second-order valence-corrected chi connectivity index (χ2v) is 8.39. The van der Waals surface area contributed by atoms with Gasteiger partial charge in [-0.25, -0.2) is 4.39 Å². The Bertz CT molecular complexity index is 1050. The molecule has 32 heavy (non-hydrogen) atoms. The Morgan fingerprint density at radius 1 is 1.22 bits per heavy atom. The maximum absolute atomic E-state index is 13.2. The standard InChI is InChI=1S/C25H24ClFN2O3/c1-32-24(31)15-20-14-21(26)6-4-19(20)5-9-23(30)29-12-10-25(17-28,11-13-29)16-18-2-7-22(27)8-3-18/h2-9,14H,10-13,15-16H2,1H3/b9-5+. The molecule has 0 saturated carbocycles. The van der Waals surface area contributed by atoms with Crippen LogP contribution in [0.4, 0.5) is 4.39 Å². The highest BCUT2D eigenvalue weighted by Crippen LogP contribution is 2.34. The fraction of sp³-hybridized carbons (Fsp3) is 0.320. The molecule has 0 N–H and O–H groups in total. The number of benzene rings is 2. The normalized spacial score (nSPS) is 15.4. The van der Waals surface area contributed by atoms with E-state index in [0.717, 1.165) is 5.56 Å². The van der Waals surface area contributed by atoms with Gasteiger partial charge in [-0.15, -0.1) is 0 Å². The lowest BCUT2D eigenvalue weighted by Crippen LogP contribution is -2.43. The van der Waals surface area contributed by atoms with Crippen molar-refractivity contribution in [3.05, 3.63) is 76.1 Å². The molecule has 1 heterocycles. The second kappa shape index (κ2) is 10.4. The molecular weight excluding hydrogens is 431 g/mol. The van der Waals surface area contributed by atoms with Gasteiger partial charge in [-0.3, -0.25) is 9.59 Å². The predicted molar refractivity (Wildman–Crippen MR) is 120 cm³/mol. The van der Waals surface area contributed by atoms with Crippen molar-refractivity contribution in [2.45, 2.75) is 25.7 Å². The first-order chi connectivity index (χ1) is 15.3. The third-order valence-electron chi connectivity index (χ3n) is 5.80. The number of ether oxygens (including phenoxy) is 1. The summed E-state index contributed by atoms with van der Waals surface area (Å²) in [6, 6.07) is 13.8. The first-order valence-electron chi connectivity index (χ1n) is 10.3. The quantitative estimate of drug-likeness (QED) is 0.473. The van der Waals surface area contributed by atoms with Crippen molar-refractivity contribution in [3.63, 3.8) is 0 Å². The Morgan fingerprint density at radius 2 is 1.91 bits per heavy atom. The third kappa shape index (κ3) is 5.95. The van der Waals surface area contributed by atoms with Crippen LogP contribution in [0, 0.1) is 22.6 Å². The van der Waals surface area contributed by atoms with Crippen LogP contribution in [0.1, 0.15) is 29.5 Å². The summed E-state index contributed by atoms with van der Waals surface area (Å²) < 4.78 is 17.9. The summed E-state index contributed by atoms with van der Waals surface area (Å²) in [6.45, 7) is 0.932. The molecule has 0 aliphatic carbocycles. The maximum Gasteiger partial charge on any atom is 0.310 e. The number of carbonyl (C=O) groups excluding carboxylic acids is 2. The Hall–Kier alpha value is -3.17. The topological polar surface area (TPSA) is 70.4 Å². The SMILES string of the molecule is COC(=O)Cc1cc(Cl)ccc1/C=C/C(=O)N1CCC(C#N)(Cc2ccc(F)cc2)CC1. The molecule has 5 nitrogen and oxygen atoms in total. The minimum Gasteiger partial charge on any atom is -0.469 e. The van der Waals surface area contributed by atoms with E-state index in [1.165, 1.54) is 25.3 Å². The highest BCUT2D eigenvalue weighted by atomic mass is 35.5. The van der Waals surface area contributed by atoms with Crippen LogP contribution in [0.3, 0.4) is 0 Å². The summed E-state index contributed by atoms with van der Waals surface area (Å²) in [6.07, 6.45) is 4.83. The fourth-order valence-corrected chi connectivity index (χ4v) is 4.06. The van der Waals surface area contributed by atoms with Gasteiger partial charge in [0.15, 0.2) is 0 Å². The summed E-state index contributed by atoms with van der Waals surface area (Å²) in [7, 11) is 1.32. The first-order valence-corrected chi connectivity index (χ1v) is 10.7. The zero-order valence-corrected chi connectivity index (χ0v) is 18.6. The molecule has 1 aliphatic rings. The molecular formula is C25H24ClFN2O3. The number of methoxy groups -OCH3 is 1. The van der Waals surface area contributed by atoms with E-state index in [1.807, 2.05) is 0 Å². The average molecular weight is 455 g/mol. The number of nitrogens with zero attached hydrogens (tertiary/aromatic N) is 2. The number of likely N-dealkylation sites (tertiary alicyclic amines) is 1.